The van der Waals surface area contributed by atoms with E-state index in [1.165, 1.54) is 6.42 Å². The standard InChI is InChI=1S/C19H27N3O3/c23-18(22-8-1-4-19(14-22)5-9-24-10-6-19)21-16-2-3-17-15(12-16)13-20-7-11-25-17/h2-3,12,20H,1,4-11,13-14H2,(H,21,23). The summed E-state index contributed by atoms with van der Waals surface area (Å²) < 4.78 is 11.2. The SMILES string of the molecule is O=C(Nc1ccc2c(c1)CNCCO2)N1CCCC2(CCOCC2)C1. The van der Waals surface area contributed by atoms with Gasteiger partial charge in [-0.15, -0.1) is 0 Å². The number of hydrogen-bond acceptors (Lipinski definition) is 4. The monoisotopic (exact) mass is 345 g/mol. The van der Waals surface area contributed by atoms with Crippen molar-refractivity contribution in [3.05, 3.63) is 23.8 Å². The summed E-state index contributed by atoms with van der Waals surface area (Å²) in [4.78, 5) is 14.7. The van der Waals surface area contributed by atoms with Crippen molar-refractivity contribution in [3.63, 3.8) is 0 Å². The van der Waals surface area contributed by atoms with Gasteiger partial charge in [-0.05, 0) is 49.3 Å². The van der Waals surface area contributed by atoms with Crippen molar-refractivity contribution in [2.24, 2.45) is 5.41 Å². The van der Waals surface area contributed by atoms with Gasteiger partial charge in [-0.2, -0.15) is 0 Å². The quantitative estimate of drug-likeness (QED) is 0.821. The summed E-state index contributed by atoms with van der Waals surface area (Å²) in [6, 6.07) is 5.90. The van der Waals surface area contributed by atoms with Crippen molar-refractivity contribution in [1.29, 1.82) is 0 Å². The lowest BCUT2D eigenvalue weighted by Crippen LogP contribution is -2.49. The van der Waals surface area contributed by atoms with Gasteiger partial charge in [0.25, 0.3) is 0 Å². The van der Waals surface area contributed by atoms with Gasteiger partial charge in [0.15, 0.2) is 0 Å². The second-order valence-electron chi connectivity index (χ2n) is 7.42. The topological polar surface area (TPSA) is 62.8 Å². The van der Waals surface area contributed by atoms with Gasteiger partial charge in [0.1, 0.15) is 12.4 Å². The van der Waals surface area contributed by atoms with Crippen LogP contribution in [0.4, 0.5) is 10.5 Å². The number of piperidine rings is 1. The number of ether oxygens (including phenoxy) is 2. The number of nitrogens with zero attached hydrogens (tertiary/aromatic N) is 1. The zero-order valence-corrected chi connectivity index (χ0v) is 14.7. The summed E-state index contributed by atoms with van der Waals surface area (Å²) >= 11 is 0. The van der Waals surface area contributed by atoms with Crippen LogP contribution in [-0.4, -0.2) is 50.4 Å². The number of rotatable bonds is 1. The molecule has 2 fully saturated rings. The minimum Gasteiger partial charge on any atom is -0.492 e. The van der Waals surface area contributed by atoms with E-state index in [4.69, 9.17) is 9.47 Å². The van der Waals surface area contributed by atoms with Crippen LogP contribution in [0.25, 0.3) is 0 Å². The Balaban J connectivity index is 1.42. The summed E-state index contributed by atoms with van der Waals surface area (Å²) in [5, 5.41) is 6.40. The molecular weight excluding hydrogens is 318 g/mol. The van der Waals surface area contributed by atoms with Gasteiger partial charge in [-0.1, -0.05) is 0 Å². The Labute approximate surface area is 148 Å². The van der Waals surface area contributed by atoms with E-state index in [2.05, 4.69) is 10.6 Å². The van der Waals surface area contributed by atoms with E-state index in [-0.39, 0.29) is 11.4 Å². The highest BCUT2D eigenvalue weighted by Crippen LogP contribution is 2.39. The van der Waals surface area contributed by atoms with Gasteiger partial charge in [-0.25, -0.2) is 4.79 Å². The van der Waals surface area contributed by atoms with E-state index in [0.717, 1.165) is 75.7 Å². The summed E-state index contributed by atoms with van der Waals surface area (Å²) in [6.45, 7) is 5.63. The first-order valence-electron chi connectivity index (χ1n) is 9.34. The van der Waals surface area contributed by atoms with Gasteiger partial charge >= 0.3 is 6.03 Å². The molecule has 0 radical (unpaired) electrons. The second-order valence-corrected chi connectivity index (χ2v) is 7.42. The molecule has 136 valence electrons. The largest absolute Gasteiger partial charge is 0.492 e. The Morgan fingerprint density at radius 1 is 1.20 bits per heavy atom. The maximum Gasteiger partial charge on any atom is 0.321 e. The zero-order chi connectivity index (χ0) is 17.1. The molecule has 1 aromatic rings. The molecule has 1 spiro atoms. The van der Waals surface area contributed by atoms with E-state index >= 15 is 0 Å². The lowest BCUT2D eigenvalue weighted by Gasteiger charge is -2.45. The molecule has 0 bridgehead atoms. The average molecular weight is 345 g/mol. The molecule has 25 heavy (non-hydrogen) atoms. The average Bonchev–Trinajstić information content (AvgIpc) is 2.87. The molecule has 2 saturated heterocycles. The Morgan fingerprint density at radius 3 is 2.96 bits per heavy atom. The van der Waals surface area contributed by atoms with Gasteiger partial charge in [0.2, 0.25) is 0 Å². The number of anilines is 1. The normalized spacial score (nSPS) is 22.6. The van der Waals surface area contributed by atoms with Crippen LogP contribution in [0, 0.1) is 5.41 Å². The van der Waals surface area contributed by atoms with Crippen LogP contribution < -0.4 is 15.4 Å². The Morgan fingerprint density at radius 2 is 2.08 bits per heavy atom. The molecule has 6 heteroatoms. The predicted octanol–water partition coefficient (Wildman–Crippen LogP) is 2.59. The van der Waals surface area contributed by atoms with Crippen molar-refractivity contribution in [2.75, 3.05) is 44.8 Å². The smallest absolute Gasteiger partial charge is 0.321 e. The first-order chi connectivity index (χ1) is 12.2. The molecular formula is C19H27N3O3. The van der Waals surface area contributed by atoms with Crippen LogP contribution in [0.1, 0.15) is 31.2 Å². The lowest BCUT2D eigenvalue weighted by atomic mass is 9.74. The van der Waals surface area contributed by atoms with Gasteiger partial charge in [0.05, 0.1) is 0 Å². The van der Waals surface area contributed by atoms with Crippen molar-refractivity contribution in [3.8, 4) is 5.75 Å². The highest BCUT2D eigenvalue weighted by Gasteiger charge is 2.38. The summed E-state index contributed by atoms with van der Waals surface area (Å²) in [7, 11) is 0. The third kappa shape index (κ3) is 3.75. The summed E-state index contributed by atoms with van der Waals surface area (Å²) in [5.41, 5.74) is 2.19. The van der Waals surface area contributed by atoms with E-state index < -0.39 is 0 Å². The fourth-order valence-corrected chi connectivity index (χ4v) is 4.19. The fraction of sp³-hybridized carbons (Fsp3) is 0.632. The minimum atomic E-state index is 0.00742. The number of fused-ring (bicyclic) bond motifs is 1. The van der Waals surface area contributed by atoms with E-state index in [1.807, 2.05) is 23.1 Å². The number of hydrogen-bond donors (Lipinski definition) is 2. The maximum absolute atomic E-state index is 12.8. The first-order valence-corrected chi connectivity index (χ1v) is 9.34. The molecule has 3 aliphatic heterocycles. The number of benzene rings is 1. The van der Waals surface area contributed by atoms with Gasteiger partial charge in [0, 0.05) is 50.6 Å². The predicted molar refractivity (Wildman–Crippen MR) is 96.0 cm³/mol. The van der Waals surface area contributed by atoms with E-state index in [0.29, 0.717) is 6.61 Å². The van der Waals surface area contributed by atoms with Crippen LogP contribution >= 0.6 is 0 Å². The Bertz CT molecular complexity index is 623. The third-order valence-corrected chi connectivity index (χ3v) is 5.67. The van der Waals surface area contributed by atoms with Crippen molar-refractivity contribution >= 4 is 11.7 Å². The number of urea groups is 1. The van der Waals surface area contributed by atoms with E-state index in [1.54, 1.807) is 0 Å². The van der Waals surface area contributed by atoms with Gasteiger partial charge in [-0.3, -0.25) is 0 Å². The molecule has 4 rings (SSSR count). The van der Waals surface area contributed by atoms with Crippen LogP contribution in [0.3, 0.4) is 0 Å². The Kier molecular flexibility index (Phi) is 4.81. The number of amides is 2. The van der Waals surface area contributed by atoms with Crippen LogP contribution in [-0.2, 0) is 11.3 Å². The molecule has 2 amide bonds. The number of carbonyl (C=O) groups is 1. The second kappa shape index (κ2) is 7.22. The maximum atomic E-state index is 12.8. The summed E-state index contributed by atoms with van der Waals surface area (Å²) in [6.07, 6.45) is 4.43. The molecule has 1 aromatic carbocycles. The molecule has 0 saturated carbocycles. The third-order valence-electron chi connectivity index (χ3n) is 5.67. The number of carbonyl (C=O) groups excluding carboxylic acids is 1. The number of likely N-dealkylation sites (tertiary alicyclic amines) is 1. The lowest BCUT2D eigenvalue weighted by molar-refractivity contribution is -0.0175. The van der Waals surface area contributed by atoms with Crippen LogP contribution in [0.15, 0.2) is 18.2 Å². The van der Waals surface area contributed by atoms with E-state index in [9.17, 15) is 4.79 Å². The first kappa shape index (κ1) is 16.7. The molecule has 0 aromatic heterocycles. The molecule has 0 unspecified atom stereocenters. The summed E-state index contributed by atoms with van der Waals surface area (Å²) in [5.74, 6) is 0.905. The fourth-order valence-electron chi connectivity index (χ4n) is 4.19. The molecule has 0 aliphatic carbocycles. The van der Waals surface area contributed by atoms with Crippen molar-refractivity contribution in [1.82, 2.24) is 10.2 Å². The van der Waals surface area contributed by atoms with Crippen LogP contribution in [0.2, 0.25) is 0 Å². The highest BCUT2D eigenvalue weighted by molar-refractivity contribution is 5.89. The Hall–Kier alpha value is -1.79. The highest BCUT2D eigenvalue weighted by atomic mass is 16.5. The van der Waals surface area contributed by atoms with Crippen molar-refractivity contribution in [2.45, 2.75) is 32.2 Å². The van der Waals surface area contributed by atoms with Crippen LogP contribution in [0.5, 0.6) is 5.75 Å². The molecule has 0 atom stereocenters. The zero-order valence-electron chi connectivity index (χ0n) is 14.7. The number of nitrogens with one attached hydrogen (secondary N) is 2. The molecule has 6 nitrogen and oxygen atoms in total. The van der Waals surface area contributed by atoms with Gasteiger partial charge < -0.3 is 25.0 Å². The molecule has 3 heterocycles. The minimum absolute atomic E-state index is 0.00742. The molecule has 2 N–H and O–H groups in total. The van der Waals surface area contributed by atoms with Crippen molar-refractivity contribution < 1.29 is 14.3 Å². The molecule has 3 aliphatic rings.